The lowest BCUT2D eigenvalue weighted by molar-refractivity contribution is 0.140. The van der Waals surface area contributed by atoms with Gasteiger partial charge in [0.05, 0.1) is 0 Å². The molecule has 0 atom stereocenters. The Labute approximate surface area is 55.9 Å². The average Bonchev–Trinajstić information content (AvgIpc) is 1.88. The number of nitrogens with zero attached hydrogens (tertiary/aromatic N) is 2. The Morgan fingerprint density at radius 3 is 2.60 bits per heavy atom. The van der Waals surface area contributed by atoms with Gasteiger partial charge in [-0.25, -0.2) is 18.7 Å². The molecule has 0 amide bonds. The van der Waals surface area contributed by atoms with Gasteiger partial charge in [-0.15, -0.1) is 0 Å². The lowest BCUT2D eigenvalue weighted by atomic mass is 10.5. The Kier molecular flexibility index (Phi) is 1.75. The molecule has 0 saturated carbocycles. The molecule has 1 aromatic rings. The summed E-state index contributed by atoms with van der Waals surface area (Å²) in [7, 11) is 0. The van der Waals surface area contributed by atoms with E-state index in [0.29, 0.717) is 0 Å². The molecule has 10 heavy (non-hydrogen) atoms. The summed E-state index contributed by atoms with van der Waals surface area (Å²) in [6.45, 7) is 0. The Morgan fingerprint density at radius 2 is 2.20 bits per heavy atom. The zero-order chi connectivity index (χ0) is 7.56. The SMILES string of the molecule is Nc1ccnc(C(F)F)n1. The van der Waals surface area contributed by atoms with Crippen LogP contribution in [-0.4, -0.2) is 9.97 Å². The molecule has 0 bridgehead atoms. The van der Waals surface area contributed by atoms with Crippen molar-refractivity contribution in [3.05, 3.63) is 18.1 Å². The first-order chi connectivity index (χ1) is 4.70. The van der Waals surface area contributed by atoms with Gasteiger partial charge in [0, 0.05) is 6.20 Å². The molecule has 0 aliphatic heterocycles. The topological polar surface area (TPSA) is 51.8 Å². The lowest BCUT2D eigenvalue weighted by Crippen LogP contribution is -1.98. The van der Waals surface area contributed by atoms with Crippen molar-refractivity contribution in [2.75, 3.05) is 5.73 Å². The number of halogens is 2. The number of aromatic nitrogens is 2. The monoisotopic (exact) mass is 145 g/mol. The van der Waals surface area contributed by atoms with Crippen molar-refractivity contribution in [3.8, 4) is 0 Å². The van der Waals surface area contributed by atoms with Crippen molar-refractivity contribution < 1.29 is 8.78 Å². The highest BCUT2D eigenvalue weighted by Crippen LogP contribution is 2.13. The van der Waals surface area contributed by atoms with E-state index in [-0.39, 0.29) is 5.82 Å². The fourth-order valence-electron chi connectivity index (χ4n) is 0.494. The van der Waals surface area contributed by atoms with Crippen LogP contribution in [0.15, 0.2) is 12.3 Å². The Balaban J connectivity index is 2.96. The maximum absolute atomic E-state index is 11.8. The molecule has 0 aliphatic carbocycles. The van der Waals surface area contributed by atoms with Gasteiger partial charge in [0.1, 0.15) is 5.82 Å². The molecule has 0 radical (unpaired) electrons. The van der Waals surface area contributed by atoms with Gasteiger partial charge >= 0.3 is 0 Å². The minimum atomic E-state index is -2.65. The number of nitrogen functional groups attached to an aromatic ring is 1. The molecule has 0 fully saturated rings. The highest BCUT2D eigenvalue weighted by molar-refractivity contribution is 5.25. The van der Waals surface area contributed by atoms with E-state index in [4.69, 9.17) is 5.73 Å². The molecule has 0 aromatic carbocycles. The number of nitrogens with two attached hydrogens (primary N) is 1. The molecular formula is C5H5F2N3. The molecule has 0 saturated heterocycles. The Hall–Kier alpha value is -1.26. The molecule has 5 heteroatoms. The normalized spacial score (nSPS) is 10.3. The highest BCUT2D eigenvalue weighted by atomic mass is 19.3. The maximum Gasteiger partial charge on any atom is 0.297 e. The third-order valence-corrected chi connectivity index (χ3v) is 0.891. The van der Waals surface area contributed by atoms with Gasteiger partial charge in [0.15, 0.2) is 5.82 Å². The van der Waals surface area contributed by atoms with Crippen LogP contribution in [0.1, 0.15) is 12.2 Å². The van der Waals surface area contributed by atoms with Gasteiger partial charge in [-0.1, -0.05) is 0 Å². The number of rotatable bonds is 1. The largest absolute Gasteiger partial charge is 0.384 e. The molecule has 1 heterocycles. The van der Waals surface area contributed by atoms with E-state index in [1.807, 2.05) is 0 Å². The van der Waals surface area contributed by atoms with Gasteiger partial charge in [0.2, 0.25) is 0 Å². The third kappa shape index (κ3) is 1.37. The van der Waals surface area contributed by atoms with Gasteiger partial charge in [-0.3, -0.25) is 0 Å². The zero-order valence-electron chi connectivity index (χ0n) is 4.96. The summed E-state index contributed by atoms with van der Waals surface area (Å²) in [4.78, 5) is 6.59. The number of anilines is 1. The van der Waals surface area contributed by atoms with E-state index in [0.717, 1.165) is 0 Å². The van der Waals surface area contributed by atoms with Gasteiger partial charge in [0.25, 0.3) is 6.43 Å². The molecule has 1 aromatic heterocycles. The summed E-state index contributed by atoms with van der Waals surface area (Å²) in [5.41, 5.74) is 5.11. The Bertz CT molecular complexity index is 226. The first-order valence-corrected chi connectivity index (χ1v) is 2.56. The summed E-state index contributed by atoms with van der Waals surface area (Å²) in [6, 6.07) is 1.35. The number of alkyl halides is 2. The molecule has 3 nitrogen and oxygen atoms in total. The minimum absolute atomic E-state index is 0.0605. The van der Waals surface area contributed by atoms with Crippen molar-refractivity contribution in [1.29, 1.82) is 0 Å². The van der Waals surface area contributed by atoms with Gasteiger partial charge < -0.3 is 5.73 Å². The molecule has 0 aliphatic rings. The zero-order valence-corrected chi connectivity index (χ0v) is 4.96. The smallest absolute Gasteiger partial charge is 0.297 e. The minimum Gasteiger partial charge on any atom is -0.384 e. The summed E-state index contributed by atoms with van der Waals surface area (Å²) in [5, 5.41) is 0. The number of hydrogen-bond donors (Lipinski definition) is 1. The Morgan fingerprint density at radius 1 is 1.50 bits per heavy atom. The fourth-order valence-corrected chi connectivity index (χ4v) is 0.494. The van der Waals surface area contributed by atoms with Crippen molar-refractivity contribution in [2.24, 2.45) is 0 Å². The predicted octanol–water partition coefficient (Wildman–Crippen LogP) is 0.996. The van der Waals surface area contributed by atoms with Crippen LogP contribution in [0.2, 0.25) is 0 Å². The first-order valence-electron chi connectivity index (χ1n) is 2.56. The maximum atomic E-state index is 11.8. The fraction of sp³-hybridized carbons (Fsp3) is 0.200. The van der Waals surface area contributed by atoms with Crippen LogP contribution in [0.5, 0.6) is 0 Å². The van der Waals surface area contributed by atoms with E-state index < -0.39 is 12.2 Å². The predicted molar refractivity (Wildman–Crippen MR) is 31.4 cm³/mol. The standard InChI is InChI=1S/C5H5F2N3/c6-4(7)5-9-2-1-3(8)10-5/h1-2,4H,(H2,8,9,10). The first kappa shape index (κ1) is 6.85. The quantitative estimate of drug-likeness (QED) is 0.641. The van der Waals surface area contributed by atoms with Crippen LogP contribution in [-0.2, 0) is 0 Å². The summed E-state index contributed by atoms with van der Waals surface area (Å²) in [5.74, 6) is -0.467. The second-order valence-corrected chi connectivity index (χ2v) is 1.64. The molecular weight excluding hydrogens is 140 g/mol. The molecule has 1 rings (SSSR count). The lowest BCUT2D eigenvalue weighted by Gasteiger charge is -1.96. The van der Waals surface area contributed by atoms with Crippen LogP contribution in [0.4, 0.5) is 14.6 Å². The second kappa shape index (κ2) is 2.55. The van der Waals surface area contributed by atoms with Crippen LogP contribution in [0.3, 0.4) is 0 Å². The number of hydrogen-bond acceptors (Lipinski definition) is 3. The van der Waals surface area contributed by atoms with Crippen LogP contribution in [0, 0.1) is 0 Å². The van der Waals surface area contributed by atoms with Crippen LogP contribution in [0.25, 0.3) is 0 Å². The highest BCUT2D eigenvalue weighted by Gasteiger charge is 2.09. The molecule has 0 spiro atoms. The van der Waals surface area contributed by atoms with Gasteiger partial charge in [-0.05, 0) is 6.07 Å². The van der Waals surface area contributed by atoms with E-state index in [1.54, 1.807) is 0 Å². The average molecular weight is 145 g/mol. The molecule has 2 N–H and O–H groups in total. The van der Waals surface area contributed by atoms with E-state index in [2.05, 4.69) is 9.97 Å². The third-order valence-electron chi connectivity index (χ3n) is 0.891. The van der Waals surface area contributed by atoms with Crippen LogP contribution < -0.4 is 5.73 Å². The summed E-state index contributed by atoms with van der Waals surface area (Å²) >= 11 is 0. The van der Waals surface area contributed by atoms with E-state index >= 15 is 0 Å². The van der Waals surface area contributed by atoms with Gasteiger partial charge in [-0.2, -0.15) is 0 Å². The summed E-state index contributed by atoms with van der Waals surface area (Å²) < 4.78 is 23.5. The second-order valence-electron chi connectivity index (χ2n) is 1.64. The van der Waals surface area contributed by atoms with Crippen molar-refractivity contribution in [3.63, 3.8) is 0 Å². The van der Waals surface area contributed by atoms with E-state index in [1.165, 1.54) is 12.3 Å². The van der Waals surface area contributed by atoms with E-state index in [9.17, 15) is 8.78 Å². The van der Waals surface area contributed by atoms with Crippen molar-refractivity contribution in [2.45, 2.75) is 6.43 Å². The van der Waals surface area contributed by atoms with Crippen molar-refractivity contribution in [1.82, 2.24) is 9.97 Å². The molecule has 54 valence electrons. The molecule has 0 unspecified atom stereocenters. The van der Waals surface area contributed by atoms with Crippen LogP contribution >= 0.6 is 0 Å². The van der Waals surface area contributed by atoms with Crippen molar-refractivity contribution >= 4 is 5.82 Å². The summed E-state index contributed by atoms with van der Waals surface area (Å²) in [6.07, 6.45) is -1.45.